The fourth-order valence-electron chi connectivity index (χ4n) is 13.6. The molecule has 0 aromatic carbocycles. The third-order valence-corrected chi connectivity index (χ3v) is 22.8. The molecule has 4 unspecified atom stereocenters. The van der Waals surface area contributed by atoms with E-state index in [1.165, 1.54) is 116 Å². The van der Waals surface area contributed by atoms with Gasteiger partial charge in [0.1, 0.15) is 23.8 Å². The van der Waals surface area contributed by atoms with Crippen LogP contribution in [0.25, 0.3) is 0 Å². The van der Waals surface area contributed by atoms with E-state index < -0.39 is 52.8 Å². The van der Waals surface area contributed by atoms with Crippen molar-refractivity contribution in [3.8, 4) is 0 Å². The highest BCUT2D eigenvalue weighted by molar-refractivity contribution is 7.47. The zero-order valence-corrected chi connectivity index (χ0v) is 77.0. The normalized spacial score (nSPS) is 13.7. The van der Waals surface area contributed by atoms with Gasteiger partial charge in [-0.3, -0.25) is 56.5 Å². The standard InChI is InChI=1S/C92H172N4O20P2/c1-7-13-19-25-29-33-37-45-51-59-83(97)75-89(101)95-81(77-109-71-67-85(61-53-43-23-17-11-5)115-91(103)65-57-49-39-35-31-27-21-15-9-3)79-113-117(105,106)111-73-69-93-87(99)63-55-47-41-42-48-56-64-88(100)94-70-74-112-118(107,108)114-80-82(96-90(102)76-84(98)60-52-46-38-34-30-26-20-14-8-2)78-110-72-68-86(62-54-44-24-18-12-6)116-92(104)66-58-50-40-36-32-28-22-16-10-4/h35-36,39-40,81-82,85-86H,7-34,37-38,41-80H2,1-6H3,(H,93,99)(H,94,100)(H,95,101)(H,96,102)(H,105,106)(H,107,108)/t81?,82?,85-,86-/m1/s1. The summed E-state index contributed by atoms with van der Waals surface area (Å²) in [7, 11) is -9.38. The van der Waals surface area contributed by atoms with Gasteiger partial charge in [-0.1, -0.05) is 284 Å². The van der Waals surface area contributed by atoms with Gasteiger partial charge in [-0.05, 0) is 103 Å². The summed E-state index contributed by atoms with van der Waals surface area (Å²) in [6, 6.07) is -1.86. The quantitative estimate of drug-likeness (QED) is 0.0108. The van der Waals surface area contributed by atoms with Crippen LogP contribution in [-0.2, 0) is 84.5 Å². The summed E-state index contributed by atoms with van der Waals surface area (Å²) in [5, 5.41) is 10.9. The number of nitrogens with one attached hydrogen (secondary N) is 4. The first-order valence-electron chi connectivity index (χ1n) is 47.4. The van der Waals surface area contributed by atoms with E-state index in [1.807, 2.05) is 0 Å². The Labute approximate surface area is 716 Å². The molecule has 6 atom stereocenters. The fraction of sp³-hybridized carbons (Fsp3) is 0.870. The lowest BCUT2D eigenvalue weighted by Crippen LogP contribution is -2.42. The van der Waals surface area contributed by atoms with Crippen LogP contribution >= 0.6 is 15.6 Å². The second kappa shape index (κ2) is 83.7. The molecule has 690 valence electrons. The number of Topliss-reactive ketones (excluding diaryl/α,β-unsaturated/α-hetero) is 2. The molecule has 6 N–H and O–H groups in total. The number of amides is 4. The van der Waals surface area contributed by atoms with E-state index in [0.717, 1.165) is 154 Å². The molecule has 0 fully saturated rings. The Kier molecular flexibility index (Phi) is 80.7. The molecular formula is C92H172N4O20P2. The van der Waals surface area contributed by atoms with Crippen LogP contribution in [0.3, 0.4) is 0 Å². The Morgan fingerprint density at radius 1 is 0.297 bits per heavy atom. The Morgan fingerprint density at radius 2 is 0.576 bits per heavy atom. The molecule has 118 heavy (non-hydrogen) atoms. The molecule has 0 saturated heterocycles. The van der Waals surface area contributed by atoms with Gasteiger partial charge in [0, 0.05) is 64.5 Å². The average molecular weight is 1720 g/mol. The van der Waals surface area contributed by atoms with E-state index in [-0.39, 0.29) is 139 Å². The van der Waals surface area contributed by atoms with E-state index >= 15 is 0 Å². The lowest BCUT2D eigenvalue weighted by Gasteiger charge is -2.22. The molecule has 0 aromatic heterocycles. The van der Waals surface area contributed by atoms with Crippen molar-refractivity contribution in [2.24, 2.45) is 0 Å². The molecule has 4 amide bonds. The van der Waals surface area contributed by atoms with Crippen molar-refractivity contribution in [3.05, 3.63) is 24.3 Å². The molecule has 0 saturated carbocycles. The van der Waals surface area contributed by atoms with Crippen LogP contribution in [0.2, 0.25) is 0 Å². The maximum absolute atomic E-state index is 13.2. The third kappa shape index (κ3) is 80.2. The molecular weight excluding hydrogens is 1540 g/mol. The van der Waals surface area contributed by atoms with Gasteiger partial charge < -0.3 is 50.0 Å². The first-order valence-corrected chi connectivity index (χ1v) is 50.4. The van der Waals surface area contributed by atoms with Crippen molar-refractivity contribution < 1.29 is 94.3 Å². The van der Waals surface area contributed by atoms with Gasteiger partial charge in [-0.25, -0.2) is 9.13 Å². The Balaban J connectivity index is 5.26. The maximum Gasteiger partial charge on any atom is 0.472 e. The molecule has 26 heteroatoms. The second-order valence-corrected chi connectivity index (χ2v) is 35.3. The lowest BCUT2D eigenvalue weighted by atomic mass is 10.0. The van der Waals surface area contributed by atoms with Crippen LogP contribution in [0.1, 0.15) is 427 Å². The van der Waals surface area contributed by atoms with Crippen LogP contribution in [-0.4, -0.2) is 147 Å². The highest BCUT2D eigenvalue weighted by atomic mass is 31.2. The number of hydrogen-bond acceptors (Lipinski definition) is 18. The summed E-state index contributed by atoms with van der Waals surface area (Å²) in [6.45, 7) is 11.5. The van der Waals surface area contributed by atoms with Crippen LogP contribution in [0.4, 0.5) is 0 Å². The number of phosphoric ester groups is 2. The minimum atomic E-state index is -4.69. The van der Waals surface area contributed by atoms with Gasteiger partial charge in [-0.2, -0.15) is 0 Å². The first kappa shape index (κ1) is 114. The summed E-state index contributed by atoms with van der Waals surface area (Å²) in [6.07, 6.45) is 60.5. The smallest absolute Gasteiger partial charge is 0.462 e. The van der Waals surface area contributed by atoms with Gasteiger partial charge in [0.05, 0.1) is 77.8 Å². The third-order valence-electron chi connectivity index (χ3n) is 20.8. The number of phosphoric acid groups is 2. The first-order chi connectivity index (χ1) is 57.2. The molecule has 0 rings (SSSR count). The number of rotatable bonds is 91. The number of ether oxygens (including phenoxy) is 4. The molecule has 0 aliphatic heterocycles. The van der Waals surface area contributed by atoms with Crippen LogP contribution in [0.15, 0.2) is 24.3 Å². The summed E-state index contributed by atoms with van der Waals surface area (Å²) in [5.74, 6) is -2.55. The van der Waals surface area contributed by atoms with E-state index in [4.69, 9.17) is 37.0 Å². The minimum absolute atomic E-state index is 0.0668. The van der Waals surface area contributed by atoms with Gasteiger partial charge in [-0.15, -0.1) is 0 Å². The van der Waals surface area contributed by atoms with Gasteiger partial charge >= 0.3 is 27.6 Å². The van der Waals surface area contributed by atoms with Gasteiger partial charge in [0.2, 0.25) is 23.6 Å². The number of ketones is 2. The lowest BCUT2D eigenvalue weighted by molar-refractivity contribution is -0.151. The predicted octanol–water partition coefficient (Wildman–Crippen LogP) is 22.1. The number of hydrogen-bond donors (Lipinski definition) is 6. The summed E-state index contributed by atoms with van der Waals surface area (Å²) >= 11 is 0. The fourth-order valence-corrected chi connectivity index (χ4v) is 15.2. The number of carbonyl (C=O) groups is 8. The van der Waals surface area contributed by atoms with Crippen molar-refractivity contribution in [1.82, 2.24) is 21.3 Å². The molecule has 0 aromatic rings. The average Bonchev–Trinajstić information content (AvgIpc) is 0.908. The number of allylic oxidation sites excluding steroid dienone is 4. The zero-order chi connectivity index (χ0) is 86.7. The molecule has 0 heterocycles. The van der Waals surface area contributed by atoms with Crippen LogP contribution in [0.5, 0.6) is 0 Å². The van der Waals surface area contributed by atoms with E-state index in [9.17, 15) is 57.3 Å². The van der Waals surface area contributed by atoms with E-state index in [1.54, 1.807) is 0 Å². The maximum atomic E-state index is 13.2. The number of carbonyl (C=O) groups excluding carboxylic acids is 8. The molecule has 0 aliphatic carbocycles. The van der Waals surface area contributed by atoms with Crippen molar-refractivity contribution in [3.63, 3.8) is 0 Å². The largest absolute Gasteiger partial charge is 0.472 e. The summed E-state index contributed by atoms with van der Waals surface area (Å²) in [5.41, 5.74) is 0. The van der Waals surface area contributed by atoms with Crippen molar-refractivity contribution >= 4 is 62.8 Å². The second-order valence-electron chi connectivity index (χ2n) is 32.4. The van der Waals surface area contributed by atoms with E-state index in [0.29, 0.717) is 77.0 Å². The molecule has 0 radical (unpaired) electrons. The molecule has 24 nitrogen and oxygen atoms in total. The van der Waals surface area contributed by atoms with Crippen LogP contribution in [0, 0.1) is 0 Å². The monoisotopic (exact) mass is 1720 g/mol. The highest BCUT2D eigenvalue weighted by Crippen LogP contribution is 2.44. The van der Waals surface area contributed by atoms with Crippen molar-refractivity contribution in [1.29, 1.82) is 0 Å². The Morgan fingerprint density at radius 3 is 0.898 bits per heavy atom. The highest BCUT2D eigenvalue weighted by Gasteiger charge is 2.28. The Hall–Kier alpha value is -4.22. The zero-order valence-electron chi connectivity index (χ0n) is 75.3. The molecule has 0 aliphatic rings. The predicted molar refractivity (Wildman–Crippen MR) is 474 cm³/mol. The summed E-state index contributed by atoms with van der Waals surface area (Å²) < 4.78 is 71.2. The topological polar surface area (TPSA) is 333 Å². The minimum Gasteiger partial charge on any atom is -0.462 e. The molecule has 0 bridgehead atoms. The number of unbranched alkanes of at least 4 members (excludes halogenated alkanes) is 39. The van der Waals surface area contributed by atoms with Crippen LogP contribution < -0.4 is 21.3 Å². The van der Waals surface area contributed by atoms with E-state index in [2.05, 4.69) is 87.1 Å². The molecule has 0 spiro atoms. The number of esters is 2. The van der Waals surface area contributed by atoms with Crippen molar-refractivity contribution in [2.75, 3.05) is 65.9 Å². The summed E-state index contributed by atoms with van der Waals surface area (Å²) in [4.78, 5) is 125. The van der Waals surface area contributed by atoms with Gasteiger partial charge in [0.15, 0.2) is 0 Å². The van der Waals surface area contributed by atoms with Gasteiger partial charge in [0.25, 0.3) is 0 Å². The SMILES string of the molecule is CCCCCCC=CCCCC(=O)O[C@H](CCCCCCC)CCOCC(COP(=O)(O)OCCNC(=O)CCCCCCCCC(=O)NCCOP(=O)(O)OCC(COCC[C@@H](CCCCCCC)OC(=O)CCCC=CCCCCCC)NC(=O)CC(=O)CCCCCCCCCCC)NC(=O)CC(=O)CCCCCCCCCCC. The van der Waals surface area contributed by atoms with Crippen molar-refractivity contribution in [2.45, 2.75) is 451 Å². The Bertz CT molecular complexity index is 2450.